The second-order valence-corrected chi connectivity index (χ2v) is 3.50. The van der Waals surface area contributed by atoms with E-state index < -0.39 is 0 Å². The van der Waals surface area contributed by atoms with Gasteiger partial charge < -0.3 is 0 Å². The van der Waals surface area contributed by atoms with E-state index in [9.17, 15) is 0 Å². The summed E-state index contributed by atoms with van der Waals surface area (Å²) in [7, 11) is 0. The van der Waals surface area contributed by atoms with Gasteiger partial charge in [0.05, 0.1) is 17.0 Å². The molecule has 0 atom stereocenters. The Morgan fingerprint density at radius 2 is 1.83 bits per heavy atom. The molecular formula is C9H9BrN2. The van der Waals surface area contributed by atoms with E-state index in [1.807, 2.05) is 20.8 Å². The van der Waals surface area contributed by atoms with Crippen LogP contribution in [0.3, 0.4) is 0 Å². The number of nitrogens with zero attached hydrogens (tertiary/aromatic N) is 2. The topological polar surface area (TPSA) is 36.7 Å². The second kappa shape index (κ2) is 3.24. The van der Waals surface area contributed by atoms with Crippen molar-refractivity contribution in [3.8, 4) is 6.07 Å². The highest BCUT2D eigenvalue weighted by Gasteiger charge is 2.08. The number of aryl methyl sites for hydroxylation is 2. The molecule has 0 aliphatic carbocycles. The Morgan fingerprint density at radius 3 is 2.33 bits per heavy atom. The highest BCUT2D eigenvalue weighted by molar-refractivity contribution is 9.10. The molecule has 1 heterocycles. The Hall–Kier alpha value is -0.880. The Balaban J connectivity index is 3.54. The molecule has 0 fully saturated rings. The predicted molar refractivity (Wildman–Crippen MR) is 50.9 cm³/mol. The fourth-order valence-electron chi connectivity index (χ4n) is 1.17. The summed E-state index contributed by atoms with van der Waals surface area (Å²) in [6.45, 7) is 5.69. The lowest BCUT2D eigenvalue weighted by atomic mass is 10.1. The average molecular weight is 225 g/mol. The molecule has 0 aliphatic heterocycles. The molecule has 0 N–H and O–H groups in total. The Bertz CT molecular complexity index is 364. The smallest absolute Gasteiger partial charge is 0.101 e. The molecule has 62 valence electrons. The van der Waals surface area contributed by atoms with Gasteiger partial charge in [0.2, 0.25) is 0 Å². The number of aromatic nitrogens is 1. The van der Waals surface area contributed by atoms with Crippen molar-refractivity contribution in [1.29, 1.82) is 5.26 Å². The van der Waals surface area contributed by atoms with E-state index in [0.717, 1.165) is 21.4 Å². The molecule has 12 heavy (non-hydrogen) atoms. The minimum absolute atomic E-state index is 0.674. The lowest BCUT2D eigenvalue weighted by molar-refractivity contribution is 1.07. The van der Waals surface area contributed by atoms with Gasteiger partial charge in [0.25, 0.3) is 0 Å². The van der Waals surface area contributed by atoms with Crippen LogP contribution in [-0.2, 0) is 0 Å². The third-order valence-electron chi connectivity index (χ3n) is 1.83. The van der Waals surface area contributed by atoms with Gasteiger partial charge in [-0.15, -0.1) is 0 Å². The minimum atomic E-state index is 0.674. The molecule has 1 aromatic rings. The third-order valence-corrected chi connectivity index (χ3v) is 3.00. The largest absolute Gasteiger partial charge is 0.256 e. The zero-order valence-electron chi connectivity index (χ0n) is 7.27. The maximum atomic E-state index is 8.80. The van der Waals surface area contributed by atoms with Crippen molar-refractivity contribution in [2.24, 2.45) is 0 Å². The van der Waals surface area contributed by atoms with E-state index in [4.69, 9.17) is 5.26 Å². The summed E-state index contributed by atoms with van der Waals surface area (Å²) in [5, 5.41) is 8.80. The van der Waals surface area contributed by atoms with Crippen LogP contribution in [0.2, 0.25) is 0 Å². The highest BCUT2D eigenvalue weighted by atomic mass is 79.9. The van der Waals surface area contributed by atoms with Crippen molar-refractivity contribution in [2.45, 2.75) is 20.8 Å². The van der Waals surface area contributed by atoms with Crippen molar-refractivity contribution < 1.29 is 0 Å². The molecule has 0 saturated heterocycles. The van der Waals surface area contributed by atoms with Crippen LogP contribution in [-0.4, -0.2) is 4.98 Å². The molecule has 1 aromatic heterocycles. The molecule has 0 amide bonds. The van der Waals surface area contributed by atoms with Crippen molar-refractivity contribution in [3.63, 3.8) is 0 Å². The number of halogens is 1. The maximum absolute atomic E-state index is 8.80. The first-order valence-corrected chi connectivity index (χ1v) is 4.40. The van der Waals surface area contributed by atoms with Crippen LogP contribution in [0.5, 0.6) is 0 Å². The van der Waals surface area contributed by atoms with Gasteiger partial charge in [-0.1, -0.05) is 0 Å². The molecule has 0 spiro atoms. The van der Waals surface area contributed by atoms with Crippen molar-refractivity contribution >= 4 is 15.9 Å². The summed E-state index contributed by atoms with van der Waals surface area (Å²) < 4.78 is 0.935. The van der Waals surface area contributed by atoms with Crippen molar-refractivity contribution in [1.82, 2.24) is 4.98 Å². The van der Waals surface area contributed by atoms with Gasteiger partial charge in [-0.05, 0) is 42.3 Å². The van der Waals surface area contributed by atoms with E-state index in [1.54, 1.807) is 0 Å². The van der Waals surface area contributed by atoms with Crippen molar-refractivity contribution in [2.75, 3.05) is 0 Å². The van der Waals surface area contributed by atoms with E-state index in [0.29, 0.717) is 5.56 Å². The summed E-state index contributed by atoms with van der Waals surface area (Å²) >= 11 is 3.39. The zero-order valence-corrected chi connectivity index (χ0v) is 8.86. The zero-order chi connectivity index (χ0) is 9.30. The summed E-state index contributed by atoms with van der Waals surface area (Å²) in [6.07, 6.45) is 0. The first-order valence-electron chi connectivity index (χ1n) is 3.61. The van der Waals surface area contributed by atoms with Gasteiger partial charge in [0.15, 0.2) is 0 Å². The molecule has 0 bridgehead atoms. The normalized spacial score (nSPS) is 9.58. The van der Waals surface area contributed by atoms with Crippen LogP contribution < -0.4 is 0 Å². The number of rotatable bonds is 0. The number of hydrogen-bond acceptors (Lipinski definition) is 2. The molecule has 3 heteroatoms. The molecule has 1 rings (SSSR count). The average Bonchev–Trinajstić information content (AvgIpc) is 2.01. The van der Waals surface area contributed by atoms with Gasteiger partial charge >= 0.3 is 0 Å². The van der Waals surface area contributed by atoms with Crippen LogP contribution in [0.25, 0.3) is 0 Å². The van der Waals surface area contributed by atoms with Gasteiger partial charge in [-0.2, -0.15) is 5.26 Å². The molecule has 0 unspecified atom stereocenters. The van der Waals surface area contributed by atoms with Gasteiger partial charge in [0.1, 0.15) is 6.07 Å². The van der Waals surface area contributed by atoms with Crippen LogP contribution in [0.4, 0.5) is 0 Å². The Kier molecular flexibility index (Phi) is 2.49. The molecular weight excluding hydrogens is 216 g/mol. The molecule has 0 radical (unpaired) electrons. The summed E-state index contributed by atoms with van der Waals surface area (Å²) in [6, 6.07) is 2.14. The van der Waals surface area contributed by atoms with Crippen molar-refractivity contribution in [3.05, 3.63) is 27.0 Å². The van der Waals surface area contributed by atoms with E-state index >= 15 is 0 Å². The van der Waals surface area contributed by atoms with E-state index in [-0.39, 0.29) is 0 Å². The summed E-state index contributed by atoms with van der Waals surface area (Å²) in [5.41, 5.74) is 3.38. The first-order chi connectivity index (χ1) is 5.57. The van der Waals surface area contributed by atoms with Crippen LogP contribution >= 0.6 is 15.9 Å². The first kappa shape index (κ1) is 9.21. The second-order valence-electron chi connectivity index (χ2n) is 2.71. The monoisotopic (exact) mass is 224 g/mol. The fraction of sp³-hybridized carbons (Fsp3) is 0.333. The van der Waals surface area contributed by atoms with Crippen LogP contribution in [0, 0.1) is 32.1 Å². The fourth-order valence-corrected chi connectivity index (χ4v) is 1.46. The maximum Gasteiger partial charge on any atom is 0.101 e. The highest BCUT2D eigenvalue weighted by Crippen LogP contribution is 2.23. The predicted octanol–water partition coefficient (Wildman–Crippen LogP) is 2.64. The van der Waals surface area contributed by atoms with Crippen LogP contribution in [0.1, 0.15) is 22.5 Å². The standard InChI is InChI=1S/C9H9BrN2/c1-5-8(4-11)6(2)12-7(3)9(5)10/h1-3H3. The third kappa shape index (κ3) is 1.35. The number of nitriles is 1. The Morgan fingerprint density at radius 1 is 1.25 bits per heavy atom. The lowest BCUT2D eigenvalue weighted by Crippen LogP contribution is -1.96. The SMILES string of the molecule is Cc1nc(C)c(C#N)c(C)c1Br. The molecule has 0 aliphatic rings. The Labute approximate surface area is 80.4 Å². The minimum Gasteiger partial charge on any atom is -0.256 e. The summed E-state index contributed by atoms with van der Waals surface area (Å²) in [4.78, 5) is 4.24. The van der Waals surface area contributed by atoms with Gasteiger partial charge in [-0.25, -0.2) is 0 Å². The lowest BCUT2D eigenvalue weighted by Gasteiger charge is -2.06. The molecule has 0 aromatic carbocycles. The van der Waals surface area contributed by atoms with E-state index in [2.05, 4.69) is 27.0 Å². The van der Waals surface area contributed by atoms with Gasteiger partial charge in [-0.3, -0.25) is 4.98 Å². The van der Waals surface area contributed by atoms with E-state index in [1.165, 1.54) is 0 Å². The van der Waals surface area contributed by atoms with Gasteiger partial charge in [0, 0.05) is 4.47 Å². The number of pyridine rings is 1. The molecule has 0 saturated carbocycles. The number of hydrogen-bond donors (Lipinski definition) is 0. The van der Waals surface area contributed by atoms with Crippen LogP contribution in [0.15, 0.2) is 4.47 Å². The quantitative estimate of drug-likeness (QED) is 0.680. The summed E-state index contributed by atoms with van der Waals surface area (Å²) in [5.74, 6) is 0. The molecule has 2 nitrogen and oxygen atoms in total.